The Hall–Kier alpha value is -2.25. The summed E-state index contributed by atoms with van der Waals surface area (Å²) in [6.45, 7) is 3.97. The summed E-state index contributed by atoms with van der Waals surface area (Å²) in [5.41, 5.74) is 2.01. The fourth-order valence-electron chi connectivity index (χ4n) is 2.59. The van der Waals surface area contributed by atoms with Crippen LogP contribution in [0.25, 0.3) is 0 Å². The van der Waals surface area contributed by atoms with Crippen LogP contribution in [0.3, 0.4) is 0 Å². The summed E-state index contributed by atoms with van der Waals surface area (Å²) in [5.74, 6) is 0.648. The molecular weight excluding hydrogens is 360 g/mol. The van der Waals surface area contributed by atoms with Gasteiger partial charge >= 0.3 is 0 Å². The molecule has 2 aromatic carbocycles. The molecule has 140 valence electrons. The van der Waals surface area contributed by atoms with E-state index in [2.05, 4.69) is 6.92 Å². The predicted octanol–water partition coefficient (Wildman–Crippen LogP) is 5.20. The highest BCUT2D eigenvalue weighted by atomic mass is 32.1. The number of para-hydroxylation sites is 1. The summed E-state index contributed by atoms with van der Waals surface area (Å²) in [6.07, 6.45) is -1.87. The first-order valence-corrected chi connectivity index (χ1v) is 8.49. The molecule has 0 saturated carbocycles. The molecule has 4 nitrogen and oxygen atoms in total. The van der Waals surface area contributed by atoms with E-state index in [4.69, 9.17) is 21.7 Å². The van der Waals surface area contributed by atoms with Gasteiger partial charge in [-0.3, -0.25) is 5.21 Å². The first kappa shape index (κ1) is 20.1. The van der Waals surface area contributed by atoms with Crippen molar-refractivity contribution in [1.29, 1.82) is 0 Å². The summed E-state index contributed by atoms with van der Waals surface area (Å²) in [5, 5.41) is 10.3. The fourth-order valence-corrected chi connectivity index (χ4v) is 2.68. The molecule has 0 radical (unpaired) electrons. The molecule has 1 N–H and O–H groups in total. The van der Waals surface area contributed by atoms with E-state index >= 15 is 0 Å². The van der Waals surface area contributed by atoms with E-state index in [0.29, 0.717) is 16.4 Å². The Kier molecular flexibility index (Phi) is 6.88. The quantitative estimate of drug-likeness (QED) is 0.550. The highest BCUT2D eigenvalue weighted by Crippen LogP contribution is 2.34. The van der Waals surface area contributed by atoms with Crippen molar-refractivity contribution in [3.05, 3.63) is 58.7 Å². The average molecular weight is 381 g/mol. The van der Waals surface area contributed by atoms with Crippen molar-refractivity contribution in [3.8, 4) is 5.75 Å². The van der Waals surface area contributed by atoms with Crippen LogP contribution >= 0.6 is 12.2 Å². The summed E-state index contributed by atoms with van der Waals surface area (Å²) in [7, 11) is 1.26. The smallest absolute Gasteiger partial charge is 0.288 e. The summed E-state index contributed by atoms with van der Waals surface area (Å²) < 4.78 is 37.3. The zero-order valence-electron chi connectivity index (χ0n) is 14.8. The van der Waals surface area contributed by atoms with E-state index in [1.807, 2.05) is 25.1 Å². The Labute approximate surface area is 156 Å². The molecule has 0 spiro atoms. The molecule has 0 atom stereocenters. The number of ether oxygens (including phenoxy) is 2. The number of aryl methyl sites for hydroxylation is 2. The molecular formula is C19H21F2NO3S. The van der Waals surface area contributed by atoms with Crippen molar-refractivity contribution >= 4 is 23.1 Å². The Morgan fingerprint density at radius 2 is 2.00 bits per heavy atom. The van der Waals surface area contributed by atoms with Crippen LogP contribution in [0.15, 0.2) is 36.4 Å². The third-order valence-corrected chi connectivity index (χ3v) is 4.32. The van der Waals surface area contributed by atoms with Crippen molar-refractivity contribution < 1.29 is 23.5 Å². The van der Waals surface area contributed by atoms with E-state index in [0.717, 1.165) is 12.0 Å². The Bertz CT molecular complexity index is 783. The van der Waals surface area contributed by atoms with Crippen LogP contribution in [-0.4, -0.2) is 17.5 Å². The molecule has 0 fully saturated rings. The maximum Gasteiger partial charge on any atom is 0.288 e. The number of thiocarbonyl (C=S) groups is 1. The minimum Gasteiger partial charge on any atom is -0.489 e. The van der Waals surface area contributed by atoms with Gasteiger partial charge in [0.15, 0.2) is 0 Å². The molecule has 7 heteroatoms. The number of halogens is 2. The summed E-state index contributed by atoms with van der Waals surface area (Å²) in [6, 6.07) is 10.1. The number of hydrogen-bond acceptors (Lipinski definition) is 4. The third-order valence-electron chi connectivity index (χ3n) is 3.98. The van der Waals surface area contributed by atoms with Crippen LogP contribution in [0.1, 0.15) is 35.6 Å². The highest BCUT2D eigenvalue weighted by molar-refractivity contribution is 7.80. The predicted molar refractivity (Wildman–Crippen MR) is 100 cm³/mol. The molecule has 0 aliphatic rings. The molecule has 0 aliphatic carbocycles. The molecule has 0 aliphatic heterocycles. The van der Waals surface area contributed by atoms with Gasteiger partial charge in [-0.05, 0) is 42.8 Å². The second-order valence-corrected chi connectivity index (χ2v) is 6.03. The van der Waals surface area contributed by atoms with E-state index in [-0.39, 0.29) is 23.0 Å². The van der Waals surface area contributed by atoms with Crippen molar-refractivity contribution in [2.24, 2.45) is 0 Å². The second-order valence-electron chi connectivity index (χ2n) is 5.68. The third kappa shape index (κ3) is 4.47. The van der Waals surface area contributed by atoms with Crippen molar-refractivity contribution in [3.63, 3.8) is 0 Å². The van der Waals surface area contributed by atoms with Gasteiger partial charge in [0.05, 0.1) is 12.8 Å². The molecule has 0 heterocycles. The SMILES string of the molecule is CCc1ccc(OCc2cccc(C(F)F)c2N(O)C(=S)OC)c(C)c1. The monoisotopic (exact) mass is 381 g/mol. The highest BCUT2D eigenvalue weighted by Gasteiger charge is 2.23. The van der Waals surface area contributed by atoms with E-state index < -0.39 is 6.43 Å². The minimum absolute atomic E-state index is 0.00834. The minimum atomic E-state index is -2.79. The standard InChI is InChI=1S/C19H21F2NO3S/c1-4-13-8-9-16(12(2)10-13)25-11-14-6-5-7-15(18(20)21)17(14)22(23)19(26)24-3/h5-10,18,23H,4,11H2,1-3H3. The largest absolute Gasteiger partial charge is 0.489 e. The Morgan fingerprint density at radius 3 is 2.58 bits per heavy atom. The fraction of sp³-hybridized carbons (Fsp3) is 0.316. The molecule has 0 amide bonds. The maximum atomic E-state index is 13.4. The first-order chi connectivity index (χ1) is 12.4. The molecule has 2 aromatic rings. The van der Waals surface area contributed by atoms with Crippen LogP contribution in [0.4, 0.5) is 14.5 Å². The number of alkyl halides is 2. The lowest BCUT2D eigenvalue weighted by Gasteiger charge is -2.23. The van der Waals surface area contributed by atoms with E-state index in [9.17, 15) is 14.0 Å². The van der Waals surface area contributed by atoms with Gasteiger partial charge < -0.3 is 9.47 Å². The number of rotatable bonds is 6. The van der Waals surface area contributed by atoms with Crippen molar-refractivity contribution in [1.82, 2.24) is 0 Å². The molecule has 0 unspecified atom stereocenters. The number of nitrogens with zero attached hydrogens (tertiary/aromatic N) is 1. The van der Waals surface area contributed by atoms with Gasteiger partial charge in [-0.25, -0.2) is 8.78 Å². The van der Waals surface area contributed by atoms with Crippen LogP contribution < -0.4 is 9.80 Å². The van der Waals surface area contributed by atoms with Gasteiger partial charge in [-0.2, -0.15) is 5.06 Å². The van der Waals surface area contributed by atoms with Crippen molar-refractivity contribution in [2.45, 2.75) is 33.3 Å². The lowest BCUT2D eigenvalue weighted by Crippen LogP contribution is -2.29. The molecule has 26 heavy (non-hydrogen) atoms. The lowest BCUT2D eigenvalue weighted by molar-refractivity contribution is 0.149. The number of hydroxylamine groups is 1. The van der Waals surface area contributed by atoms with Gasteiger partial charge in [-0.15, -0.1) is 0 Å². The number of anilines is 1. The van der Waals surface area contributed by atoms with Crippen LogP contribution in [0.5, 0.6) is 5.75 Å². The molecule has 0 saturated heterocycles. The Morgan fingerprint density at radius 1 is 1.27 bits per heavy atom. The number of hydrogen-bond donors (Lipinski definition) is 1. The topological polar surface area (TPSA) is 41.9 Å². The maximum absolute atomic E-state index is 13.4. The van der Waals surface area contributed by atoms with Crippen LogP contribution in [0.2, 0.25) is 0 Å². The summed E-state index contributed by atoms with van der Waals surface area (Å²) >= 11 is 4.86. The van der Waals surface area contributed by atoms with Gasteiger partial charge in [0.1, 0.15) is 12.4 Å². The zero-order chi connectivity index (χ0) is 19.3. The summed E-state index contributed by atoms with van der Waals surface area (Å²) in [4.78, 5) is 0. The first-order valence-electron chi connectivity index (χ1n) is 8.08. The molecule has 0 aromatic heterocycles. The van der Waals surface area contributed by atoms with Gasteiger partial charge in [-0.1, -0.05) is 37.3 Å². The number of methoxy groups -OCH3 is 1. The van der Waals surface area contributed by atoms with Gasteiger partial charge in [0, 0.05) is 11.1 Å². The van der Waals surface area contributed by atoms with Gasteiger partial charge in [0.25, 0.3) is 11.6 Å². The van der Waals surface area contributed by atoms with Crippen LogP contribution in [-0.2, 0) is 17.8 Å². The molecule has 0 bridgehead atoms. The van der Waals surface area contributed by atoms with Crippen LogP contribution in [0, 0.1) is 6.92 Å². The van der Waals surface area contributed by atoms with Gasteiger partial charge in [0.2, 0.25) is 0 Å². The Balaban J connectivity index is 2.34. The van der Waals surface area contributed by atoms with E-state index in [1.165, 1.54) is 24.8 Å². The normalized spacial score (nSPS) is 10.7. The second kappa shape index (κ2) is 8.91. The average Bonchev–Trinajstić information content (AvgIpc) is 2.65. The lowest BCUT2D eigenvalue weighted by atomic mass is 10.1. The zero-order valence-corrected chi connectivity index (χ0v) is 15.6. The molecule has 2 rings (SSSR count). The number of benzene rings is 2. The van der Waals surface area contributed by atoms with Crippen molar-refractivity contribution in [2.75, 3.05) is 12.2 Å². The van der Waals surface area contributed by atoms with E-state index in [1.54, 1.807) is 6.07 Å².